The maximum atomic E-state index is 12.4. The van der Waals surface area contributed by atoms with E-state index in [1.54, 1.807) is 30.3 Å². The number of benzene rings is 2. The number of hydrogen-bond donors (Lipinski definition) is 1. The van der Waals surface area contributed by atoms with Crippen molar-refractivity contribution in [2.24, 2.45) is 0 Å². The van der Waals surface area contributed by atoms with Gasteiger partial charge < -0.3 is 9.84 Å². The van der Waals surface area contributed by atoms with Crippen molar-refractivity contribution in [2.45, 2.75) is 12.6 Å². The SMILES string of the molecule is O=c1c2ccc(Cl)cc2ncn1C[C@H](O)COc1cccc(Br)c1. The van der Waals surface area contributed by atoms with Crippen LogP contribution in [-0.2, 0) is 6.54 Å². The predicted molar refractivity (Wildman–Crippen MR) is 96.7 cm³/mol. The molecule has 0 fully saturated rings. The molecular formula is C17H14BrClN2O3. The molecule has 0 spiro atoms. The molecule has 1 heterocycles. The molecule has 0 aliphatic rings. The Kier molecular flexibility index (Phi) is 5.18. The van der Waals surface area contributed by atoms with Crippen LogP contribution in [0.5, 0.6) is 5.75 Å². The molecule has 0 bridgehead atoms. The van der Waals surface area contributed by atoms with Crippen LogP contribution in [0.1, 0.15) is 0 Å². The third kappa shape index (κ3) is 3.95. The fourth-order valence-electron chi connectivity index (χ4n) is 2.29. The van der Waals surface area contributed by atoms with Crippen LogP contribution in [0.4, 0.5) is 0 Å². The molecule has 0 amide bonds. The standard InChI is InChI=1S/C17H14BrClN2O3/c18-11-2-1-3-14(6-11)24-9-13(22)8-21-10-20-16-7-12(19)4-5-15(16)17(21)23/h1-7,10,13,22H,8-9H2/t13-/m0/s1. The molecule has 1 N–H and O–H groups in total. The van der Waals surface area contributed by atoms with Crippen molar-refractivity contribution < 1.29 is 9.84 Å². The summed E-state index contributed by atoms with van der Waals surface area (Å²) in [6.45, 7) is 0.167. The summed E-state index contributed by atoms with van der Waals surface area (Å²) in [5, 5.41) is 11.1. The molecule has 1 atom stereocenters. The largest absolute Gasteiger partial charge is 0.491 e. The summed E-state index contributed by atoms with van der Waals surface area (Å²) in [4.78, 5) is 16.6. The molecule has 5 nitrogen and oxygen atoms in total. The summed E-state index contributed by atoms with van der Waals surface area (Å²) < 4.78 is 7.79. The Balaban J connectivity index is 1.71. The molecule has 2 aromatic carbocycles. The number of ether oxygens (including phenoxy) is 1. The minimum atomic E-state index is -0.840. The summed E-state index contributed by atoms with van der Waals surface area (Å²) in [6, 6.07) is 12.2. The molecule has 24 heavy (non-hydrogen) atoms. The van der Waals surface area contributed by atoms with Gasteiger partial charge in [0.1, 0.15) is 18.5 Å². The van der Waals surface area contributed by atoms with Gasteiger partial charge in [0, 0.05) is 9.50 Å². The van der Waals surface area contributed by atoms with E-state index in [9.17, 15) is 9.90 Å². The Morgan fingerprint density at radius 3 is 2.92 bits per heavy atom. The lowest BCUT2D eigenvalue weighted by Crippen LogP contribution is -2.30. The van der Waals surface area contributed by atoms with Gasteiger partial charge in [0.2, 0.25) is 0 Å². The summed E-state index contributed by atoms with van der Waals surface area (Å²) in [7, 11) is 0. The molecule has 0 aliphatic heterocycles. The molecule has 0 saturated carbocycles. The third-order valence-electron chi connectivity index (χ3n) is 3.43. The first kappa shape index (κ1) is 17.0. The number of hydrogen-bond acceptors (Lipinski definition) is 4. The number of rotatable bonds is 5. The predicted octanol–water partition coefficient (Wildman–Crippen LogP) is 3.25. The fourth-order valence-corrected chi connectivity index (χ4v) is 2.84. The zero-order chi connectivity index (χ0) is 17.1. The topological polar surface area (TPSA) is 64.4 Å². The van der Waals surface area contributed by atoms with Gasteiger partial charge in [-0.1, -0.05) is 33.6 Å². The molecule has 0 saturated heterocycles. The number of aliphatic hydroxyl groups excluding tert-OH is 1. The molecule has 0 aliphatic carbocycles. The lowest BCUT2D eigenvalue weighted by molar-refractivity contribution is 0.0914. The Morgan fingerprint density at radius 2 is 2.12 bits per heavy atom. The second kappa shape index (κ2) is 7.34. The van der Waals surface area contributed by atoms with Crippen molar-refractivity contribution in [1.82, 2.24) is 9.55 Å². The lowest BCUT2D eigenvalue weighted by Gasteiger charge is -2.14. The minimum absolute atomic E-state index is 0.0710. The van der Waals surface area contributed by atoms with Gasteiger partial charge in [0.15, 0.2) is 0 Å². The van der Waals surface area contributed by atoms with E-state index in [4.69, 9.17) is 16.3 Å². The number of aliphatic hydroxyl groups is 1. The Bertz CT molecular complexity index is 929. The van der Waals surface area contributed by atoms with Gasteiger partial charge in [-0.3, -0.25) is 9.36 Å². The highest BCUT2D eigenvalue weighted by Crippen LogP contribution is 2.18. The molecule has 1 aromatic heterocycles. The van der Waals surface area contributed by atoms with Crippen molar-refractivity contribution in [3.8, 4) is 5.75 Å². The second-order valence-corrected chi connectivity index (χ2v) is 6.64. The zero-order valence-corrected chi connectivity index (χ0v) is 14.9. The highest BCUT2D eigenvalue weighted by molar-refractivity contribution is 9.10. The molecule has 3 aromatic rings. The second-order valence-electron chi connectivity index (χ2n) is 5.29. The maximum absolute atomic E-state index is 12.4. The van der Waals surface area contributed by atoms with Gasteiger partial charge in [0.05, 0.1) is 23.8 Å². The zero-order valence-electron chi connectivity index (χ0n) is 12.5. The summed E-state index contributed by atoms with van der Waals surface area (Å²) in [6.07, 6.45) is 0.566. The molecule has 124 valence electrons. The monoisotopic (exact) mass is 408 g/mol. The fraction of sp³-hybridized carbons (Fsp3) is 0.176. The van der Waals surface area contributed by atoms with Gasteiger partial charge in [0.25, 0.3) is 5.56 Å². The van der Waals surface area contributed by atoms with Crippen molar-refractivity contribution in [2.75, 3.05) is 6.61 Å². The first-order valence-electron chi connectivity index (χ1n) is 7.24. The molecule has 0 unspecified atom stereocenters. The van der Waals surface area contributed by atoms with E-state index in [1.165, 1.54) is 10.9 Å². The number of fused-ring (bicyclic) bond motifs is 1. The average molecular weight is 410 g/mol. The van der Waals surface area contributed by atoms with Gasteiger partial charge in [-0.2, -0.15) is 0 Å². The lowest BCUT2D eigenvalue weighted by atomic mass is 10.2. The van der Waals surface area contributed by atoms with Gasteiger partial charge in [-0.25, -0.2) is 4.98 Å². The summed E-state index contributed by atoms with van der Waals surface area (Å²) in [5.41, 5.74) is 0.307. The average Bonchev–Trinajstić information content (AvgIpc) is 2.56. The van der Waals surface area contributed by atoms with Gasteiger partial charge in [-0.05, 0) is 36.4 Å². The first-order valence-corrected chi connectivity index (χ1v) is 8.41. The van der Waals surface area contributed by atoms with Crippen LogP contribution in [0.2, 0.25) is 5.02 Å². The summed E-state index contributed by atoms with van der Waals surface area (Å²) in [5.74, 6) is 0.641. The number of aromatic nitrogens is 2. The van der Waals surface area contributed by atoms with Crippen LogP contribution in [0.15, 0.2) is 58.1 Å². The molecule has 0 radical (unpaired) electrons. The molecule has 3 rings (SSSR count). The van der Waals surface area contributed by atoms with Crippen LogP contribution >= 0.6 is 27.5 Å². The van der Waals surface area contributed by atoms with E-state index in [-0.39, 0.29) is 18.7 Å². The summed E-state index contributed by atoms with van der Waals surface area (Å²) >= 11 is 9.25. The highest BCUT2D eigenvalue weighted by atomic mass is 79.9. The van der Waals surface area contributed by atoms with Crippen LogP contribution in [0, 0.1) is 0 Å². The highest BCUT2D eigenvalue weighted by Gasteiger charge is 2.10. The smallest absolute Gasteiger partial charge is 0.261 e. The molecular weight excluding hydrogens is 396 g/mol. The van der Waals surface area contributed by atoms with Crippen molar-refractivity contribution in [3.63, 3.8) is 0 Å². The van der Waals surface area contributed by atoms with Crippen LogP contribution in [0.3, 0.4) is 0 Å². The Morgan fingerprint density at radius 1 is 1.29 bits per heavy atom. The van der Waals surface area contributed by atoms with E-state index in [2.05, 4.69) is 20.9 Å². The van der Waals surface area contributed by atoms with Crippen LogP contribution in [-0.4, -0.2) is 27.4 Å². The van der Waals surface area contributed by atoms with Crippen molar-refractivity contribution in [3.05, 3.63) is 68.6 Å². The normalized spacial score (nSPS) is 12.3. The minimum Gasteiger partial charge on any atom is -0.491 e. The number of nitrogens with zero attached hydrogens (tertiary/aromatic N) is 2. The van der Waals surface area contributed by atoms with Crippen molar-refractivity contribution >= 4 is 38.4 Å². The van der Waals surface area contributed by atoms with E-state index < -0.39 is 6.10 Å². The van der Waals surface area contributed by atoms with Gasteiger partial charge in [-0.15, -0.1) is 0 Å². The third-order valence-corrected chi connectivity index (χ3v) is 4.16. The Labute approximate surface area is 151 Å². The van der Waals surface area contributed by atoms with Crippen LogP contribution < -0.4 is 10.3 Å². The van der Waals surface area contributed by atoms with Crippen molar-refractivity contribution in [1.29, 1.82) is 0 Å². The van der Waals surface area contributed by atoms with Gasteiger partial charge >= 0.3 is 0 Å². The van der Waals surface area contributed by atoms with E-state index in [0.717, 1.165) is 4.47 Å². The Hall–Kier alpha value is -1.89. The molecule has 7 heteroatoms. The van der Waals surface area contributed by atoms with E-state index in [1.807, 2.05) is 12.1 Å². The quantitative estimate of drug-likeness (QED) is 0.702. The first-order chi connectivity index (χ1) is 11.5. The maximum Gasteiger partial charge on any atom is 0.261 e. The van der Waals surface area contributed by atoms with Crippen LogP contribution in [0.25, 0.3) is 10.9 Å². The van der Waals surface area contributed by atoms with E-state index in [0.29, 0.717) is 21.7 Å². The number of halogens is 2. The van der Waals surface area contributed by atoms with E-state index >= 15 is 0 Å².